The van der Waals surface area contributed by atoms with E-state index in [0.29, 0.717) is 15.6 Å². The molecule has 2 nitrogen and oxygen atoms in total. The van der Waals surface area contributed by atoms with Crippen molar-refractivity contribution in [2.24, 2.45) is 0 Å². The molecule has 11 heavy (non-hydrogen) atoms. The number of aliphatic hydroxyl groups excluding tert-OH is 1. The maximum atomic E-state index is 9.11. The monoisotopic (exact) mass is 255 g/mol. The molecule has 1 aromatic rings. The molecule has 5 heteroatoms. The number of nitrogens with zero attached hydrogens (tertiary/aromatic N) is 1. The molecule has 0 aliphatic heterocycles. The SMILES string of the molecule is OC(Br)c1c(Cl)cncc1Cl. The lowest BCUT2D eigenvalue weighted by Crippen LogP contribution is -1.91. The summed E-state index contributed by atoms with van der Waals surface area (Å²) in [5, 5.41) is 8.96. The quantitative estimate of drug-likeness (QED) is 0.784. The van der Waals surface area contributed by atoms with Crippen LogP contribution >= 0.6 is 39.1 Å². The predicted molar refractivity (Wildman–Crippen MR) is 48.1 cm³/mol. The van der Waals surface area contributed by atoms with Crippen molar-refractivity contribution < 1.29 is 5.11 Å². The number of aliphatic hydroxyl groups is 1. The summed E-state index contributed by atoms with van der Waals surface area (Å²) in [5.74, 6) is 0. The van der Waals surface area contributed by atoms with Crippen LogP contribution in [0.2, 0.25) is 10.0 Å². The van der Waals surface area contributed by atoms with Crippen LogP contribution in [0, 0.1) is 0 Å². The molecule has 1 atom stereocenters. The fourth-order valence-corrected chi connectivity index (χ4v) is 1.98. The van der Waals surface area contributed by atoms with Crippen molar-refractivity contribution in [3.63, 3.8) is 0 Å². The molecule has 0 aliphatic carbocycles. The van der Waals surface area contributed by atoms with Crippen LogP contribution in [0.4, 0.5) is 0 Å². The van der Waals surface area contributed by atoms with Crippen LogP contribution in [0.25, 0.3) is 0 Å². The Labute approximate surface area is 82.3 Å². The molecule has 1 N–H and O–H groups in total. The number of alkyl halides is 1. The number of pyridine rings is 1. The Morgan fingerprint density at radius 1 is 1.36 bits per heavy atom. The van der Waals surface area contributed by atoms with Gasteiger partial charge in [0.15, 0.2) is 0 Å². The van der Waals surface area contributed by atoms with Gasteiger partial charge in [-0.2, -0.15) is 0 Å². The third-order valence-corrected chi connectivity index (χ3v) is 2.19. The summed E-state index contributed by atoms with van der Waals surface area (Å²) < 4.78 is 0. The van der Waals surface area contributed by atoms with E-state index in [-0.39, 0.29) is 0 Å². The highest BCUT2D eigenvalue weighted by Gasteiger charge is 2.11. The predicted octanol–water partition coefficient (Wildman–Crippen LogP) is 2.77. The standard InChI is InChI=1S/C6H4BrCl2NO/c7-6(11)5-3(8)1-10-2-4(5)9/h1-2,6,11H. The van der Waals surface area contributed by atoms with E-state index in [9.17, 15) is 0 Å². The van der Waals surface area contributed by atoms with E-state index in [4.69, 9.17) is 28.3 Å². The lowest BCUT2D eigenvalue weighted by atomic mass is 10.3. The lowest BCUT2D eigenvalue weighted by Gasteiger charge is -2.06. The van der Waals surface area contributed by atoms with E-state index in [1.807, 2.05) is 0 Å². The number of hydrogen-bond donors (Lipinski definition) is 1. The highest BCUT2D eigenvalue weighted by molar-refractivity contribution is 9.09. The maximum Gasteiger partial charge on any atom is 0.137 e. The van der Waals surface area contributed by atoms with Gasteiger partial charge in [-0.05, 0) is 0 Å². The first-order valence-electron chi connectivity index (χ1n) is 2.74. The minimum atomic E-state index is -0.842. The summed E-state index contributed by atoms with van der Waals surface area (Å²) in [4.78, 5) is 3.73. The molecule has 0 bridgehead atoms. The van der Waals surface area contributed by atoms with Crippen LogP contribution in [0.1, 0.15) is 10.6 Å². The average Bonchev–Trinajstić information content (AvgIpc) is 1.85. The van der Waals surface area contributed by atoms with Gasteiger partial charge in [0.25, 0.3) is 0 Å². The highest BCUT2D eigenvalue weighted by Crippen LogP contribution is 2.32. The van der Waals surface area contributed by atoms with E-state index < -0.39 is 5.01 Å². The van der Waals surface area contributed by atoms with Gasteiger partial charge in [0.2, 0.25) is 0 Å². The zero-order valence-electron chi connectivity index (χ0n) is 5.26. The summed E-state index contributed by atoms with van der Waals surface area (Å²) in [6, 6.07) is 0. The molecule has 1 unspecified atom stereocenters. The summed E-state index contributed by atoms with van der Waals surface area (Å²) in [5.41, 5.74) is 0.448. The molecule has 1 rings (SSSR count). The molecule has 0 spiro atoms. The molecule has 1 aromatic heterocycles. The molecular formula is C6H4BrCl2NO. The van der Waals surface area contributed by atoms with Crippen LogP contribution in [0.15, 0.2) is 12.4 Å². The fraction of sp³-hybridized carbons (Fsp3) is 0.167. The van der Waals surface area contributed by atoms with Gasteiger partial charge in [-0.1, -0.05) is 39.1 Å². The smallest absolute Gasteiger partial charge is 0.137 e. The number of hydrogen-bond acceptors (Lipinski definition) is 2. The first kappa shape index (κ1) is 9.26. The van der Waals surface area contributed by atoms with E-state index in [1.165, 1.54) is 12.4 Å². The Balaban J connectivity index is 3.21. The van der Waals surface area contributed by atoms with Crippen LogP contribution < -0.4 is 0 Å². The maximum absolute atomic E-state index is 9.11. The topological polar surface area (TPSA) is 33.1 Å². The van der Waals surface area contributed by atoms with Gasteiger partial charge < -0.3 is 5.11 Å². The summed E-state index contributed by atoms with van der Waals surface area (Å²) in [6.07, 6.45) is 2.85. The number of halogens is 3. The van der Waals surface area contributed by atoms with Gasteiger partial charge in [-0.15, -0.1) is 0 Å². The van der Waals surface area contributed by atoms with Crippen molar-refractivity contribution >= 4 is 39.1 Å². The van der Waals surface area contributed by atoms with Crippen LogP contribution in [0.5, 0.6) is 0 Å². The van der Waals surface area contributed by atoms with Gasteiger partial charge in [-0.25, -0.2) is 0 Å². The van der Waals surface area contributed by atoms with Crippen molar-refractivity contribution in [3.05, 3.63) is 28.0 Å². The zero-order chi connectivity index (χ0) is 8.43. The van der Waals surface area contributed by atoms with E-state index >= 15 is 0 Å². The van der Waals surface area contributed by atoms with Crippen LogP contribution in [0.3, 0.4) is 0 Å². The van der Waals surface area contributed by atoms with Gasteiger partial charge in [0.05, 0.1) is 10.0 Å². The fourth-order valence-electron chi connectivity index (χ4n) is 0.649. The molecule has 0 saturated carbocycles. The second kappa shape index (κ2) is 3.72. The Kier molecular flexibility index (Phi) is 3.13. The van der Waals surface area contributed by atoms with Gasteiger partial charge in [-0.3, -0.25) is 4.98 Å². The number of rotatable bonds is 1. The molecule has 60 valence electrons. The molecule has 0 saturated heterocycles. The second-order valence-corrected chi connectivity index (χ2v) is 3.53. The molecule has 0 amide bonds. The minimum Gasteiger partial charge on any atom is -0.377 e. The van der Waals surface area contributed by atoms with Gasteiger partial charge in [0.1, 0.15) is 5.01 Å². The Hall–Kier alpha value is 0.170. The summed E-state index contributed by atoms with van der Waals surface area (Å²) in [7, 11) is 0. The molecule has 0 aliphatic rings. The third-order valence-electron chi connectivity index (χ3n) is 1.13. The van der Waals surface area contributed by atoms with E-state index in [1.54, 1.807) is 0 Å². The molecule has 1 heterocycles. The summed E-state index contributed by atoms with van der Waals surface area (Å²) >= 11 is 14.3. The minimum absolute atomic E-state index is 0.349. The van der Waals surface area contributed by atoms with E-state index in [2.05, 4.69) is 20.9 Å². The molecule has 0 fully saturated rings. The lowest BCUT2D eigenvalue weighted by molar-refractivity contribution is 0.277. The first-order chi connectivity index (χ1) is 5.13. The Morgan fingerprint density at radius 3 is 2.09 bits per heavy atom. The third kappa shape index (κ3) is 2.06. The van der Waals surface area contributed by atoms with Gasteiger partial charge in [0, 0.05) is 18.0 Å². The van der Waals surface area contributed by atoms with Crippen molar-refractivity contribution in [2.45, 2.75) is 5.01 Å². The first-order valence-corrected chi connectivity index (χ1v) is 4.41. The average molecular weight is 257 g/mol. The number of aromatic nitrogens is 1. The molecule has 0 aromatic carbocycles. The van der Waals surface area contributed by atoms with E-state index in [0.717, 1.165) is 0 Å². The van der Waals surface area contributed by atoms with Crippen LogP contribution in [-0.4, -0.2) is 10.1 Å². The normalized spacial score (nSPS) is 13.1. The highest BCUT2D eigenvalue weighted by atomic mass is 79.9. The second-order valence-electron chi connectivity index (χ2n) is 1.85. The Bertz CT molecular complexity index is 247. The molecule has 0 radical (unpaired) electrons. The Morgan fingerprint density at radius 2 is 1.82 bits per heavy atom. The van der Waals surface area contributed by atoms with Gasteiger partial charge >= 0.3 is 0 Å². The summed E-state index contributed by atoms with van der Waals surface area (Å²) in [6.45, 7) is 0. The van der Waals surface area contributed by atoms with Crippen molar-refractivity contribution in [1.29, 1.82) is 0 Å². The largest absolute Gasteiger partial charge is 0.377 e. The molecular weight excluding hydrogens is 253 g/mol. The van der Waals surface area contributed by atoms with Crippen molar-refractivity contribution in [3.8, 4) is 0 Å². The van der Waals surface area contributed by atoms with Crippen LogP contribution in [-0.2, 0) is 0 Å². The van der Waals surface area contributed by atoms with Crippen molar-refractivity contribution in [1.82, 2.24) is 4.98 Å². The zero-order valence-corrected chi connectivity index (χ0v) is 8.36. The van der Waals surface area contributed by atoms with Crippen molar-refractivity contribution in [2.75, 3.05) is 0 Å².